The number of aromatic nitrogens is 2. The zero-order valence-electron chi connectivity index (χ0n) is 14.9. The normalized spacial score (nSPS) is 18.7. The summed E-state index contributed by atoms with van der Waals surface area (Å²) in [7, 11) is 1.97. The predicted molar refractivity (Wildman–Crippen MR) is 90.6 cm³/mol. The maximum absolute atomic E-state index is 12.5. The van der Waals surface area contributed by atoms with Gasteiger partial charge >= 0.3 is 6.09 Å². The van der Waals surface area contributed by atoms with E-state index >= 15 is 0 Å². The van der Waals surface area contributed by atoms with Gasteiger partial charge < -0.3 is 14.5 Å². The first kappa shape index (κ1) is 17.5. The average Bonchev–Trinajstić information content (AvgIpc) is 2.46. The van der Waals surface area contributed by atoms with Crippen molar-refractivity contribution >= 4 is 12.0 Å². The fourth-order valence-electron chi connectivity index (χ4n) is 2.77. The number of aryl methyl sites for hydroxylation is 1. The molecule has 128 valence electrons. The Morgan fingerprint density at radius 3 is 2.83 bits per heavy atom. The molecule has 1 aliphatic heterocycles. The first-order valence-corrected chi connectivity index (χ1v) is 8.26. The van der Waals surface area contributed by atoms with E-state index in [4.69, 9.17) is 4.74 Å². The van der Waals surface area contributed by atoms with Crippen molar-refractivity contribution in [2.75, 3.05) is 25.0 Å². The maximum atomic E-state index is 12.5. The van der Waals surface area contributed by atoms with Crippen LogP contribution in [0.2, 0.25) is 0 Å². The lowest BCUT2D eigenvalue weighted by molar-refractivity contribution is 0.0108. The summed E-state index contributed by atoms with van der Waals surface area (Å²) in [6.07, 6.45) is 4.68. The molecule has 2 heterocycles. The third kappa shape index (κ3) is 5.08. The van der Waals surface area contributed by atoms with E-state index in [1.807, 2.05) is 50.6 Å². The van der Waals surface area contributed by atoms with E-state index < -0.39 is 5.60 Å². The Labute approximate surface area is 138 Å². The van der Waals surface area contributed by atoms with Gasteiger partial charge in [0.25, 0.3) is 0 Å². The summed E-state index contributed by atoms with van der Waals surface area (Å²) in [6.45, 7) is 9.11. The van der Waals surface area contributed by atoms with Crippen LogP contribution >= 0.6 is 0 Å². The zero-order chi connectivity index (χ0) is 17.0. The fraction of sp³-hybridized carbons (Fsp3) is 0.706. The monoisotopic (exact) mass is 320 g/mol. The van der Waals surface area contributed by atoms with Crippen molar-refractivity contribution in [3.05, 3.63) is 18.0 Å². The molecule has 1 atom stereocenters. The molecule has 1 aromatic rings. The van der Waals surface area contributed by atoms with Crippen molar-refractivity contribution in [3.8, 4) is 0 Å². The first-order valence-electron chi connectivity index (χ1n) is 8.26. The summed E-state index contributed by atoms with van der Waals surface area (Å²) in [5.74, 6) is 0.694. The Morgan fingerprint density at radius 1 is 1.43 bits per heavy atom. The topological polar surface area (TPSA) is 58.6 Å². The number of hydrogen-bond donors (Lipinski definition) is 0. The van der Waals surface area contributed by atoms with Crippen LogP contribution in [0, 0.1) is 6.92 Å². The smallest absolute Gasteiger partial charge is 0.410 e. The Balaban J connectivity index is 2.05. The summed E-state index contributed by atoms with van der Waals surface area (Å²) in [5.41, 5.74) is 0.472. The maximum Gasteiger partial charge on any atom is 0.410 e. The van der Waals surface area contributed by atoms with Crippen LogP contribution in [0.25, 0.3) is 0 Å². The molecule has 0 aromatic carbocycles. The SMILES string of the molecule is Cc1ccnc(N(C)CC2CCCCN2C(=O)OC(C)(C)C)n1. The lowest BCUT2D eigenvalue weighted by Gasteiger charge is -2.38. The van der Waals surface area contributed by atoms with Crippen LogP contribution in [-0.2, 0) is 4.74 Å². The van der Waals surface area contributed by atoms with Crippen molar-refractivity contribution in [2.45, 2.75) is 58.6 Å². The minimum atomic E-state index is -0.468. The van der Waals surface area contributed by atoms with Crippen molar-refractivity contribution in [2.24, 2.45) is 0 Å². The molecule has 0 saturated carbocycles. The molecule has 6 nitrogen and oxygen atoms in total. The number of ether oxygens (including phenoxy) is 1. The minimum Gasteiger partial charge on any atom is -0.444 e. The molecule has 0 bridgehead atoms. The Bertz CT molecular complexity index is 542. The highest BCUT2D eigenvalue weighted by molar-refractivity contribution is 5.68. The molecule has 0 N–H and O–H groups in total. The summed E-state index contributed by atoms with van der Waals surface area (Å²) >= 11 is 0. The molecule has 1 unspecified atom stereocenters. The molecule has 6 heteroatoms. The van der Waals surface area contributed by atoms with E-state index in [1.54, 1.807) is 6.20 Å². The number of rotatable bonds is 3. The number of likely N-dealkylation sites (N-methyl/N-ethyl adjacent to an activating group) is 1. The first-order chi connectivity index (χ1) is 10.8. The zero-order valence-corrected chi connectivity index (χ0v) is 14.9. The number of carbonyl (C=O) groups is 1. The standard InChI is InChI=1S/C17H28N4O2/c1-13-9-10-18-15(19-13)20(5)12-14-8-6-7-11-21(14)16(22)23-17(2,3)4/h9-10,14H,6-8,11-12H2,1-5H3. The molecule has 1 aromatic heterocycles. The third-order valence-corrected chi connectivity index (χ3v) is 3.86. The molecular weight excluding hydrogens is 292 g/mol. The molecular formula is C17H28N4O2. The number of nitrogens with zero attached hydrogens (tertiary/aromatic N) is 4. The van der Waals surface area contributed by atoms with Gasteiger partial charge in [0.05, 0.1) is 6.04 Å². The molecule has 0 radical (unpaired) electrons. The largest absolute Gasteiger partial charge is 0.444 e. The summed E-state index contributed by atoms with van der Waals surface area (Å²) < 4.78 is 5.55. The number of hydrogen-bond acceptors (Lipinski definition) is 5. The van der Waals surface area contributed by atoms with Crippen molar-refractivity contribution in [1.82, 2.24) is 14.9 Å². The highest BCUT2D eigenvalue weighted by atomic mass is 16.6. The van der Waals surface area contributed by atoms with Crippen LogP contribution in [0.15, 0.2) is 12.3 Å². The molecule has 1 amide bonds. The minimum absolute atomic E-state index is 0.132. The van der Waals surface area contributed by atoms with Gasteiger partial charge in [-0.05, 0) is 53.0 Å². The summed E-state index contributed by atoms with van der Waals surface area (Å²) in [4.78, 5) is 25.1. The Morgan fingerprint density at radius 2 is 2.17 bits per heavy atom. The molecule has 0 spiro atoms. The average molecular weight is 320 g/mol. The van der Waals surface area contributed by atoms with E-state index in [0.29, 0.717) is 12.5 Å². The lowest BCUT2D eigenvalue weighted by Crippen LogP contribution is -2.50. The number of piperidine rings is 1. The molecule has 23 heavy (non-hydrogen) atoms. The van der Waals surface area contributed by atoms with Crippen LogP contribution in [0.4, 0.5) is 10.7 Å². The van der Waals surface area contributed by atoms with Crippen LogP contribution in [0.5, 0.6) is 0 Å². The molecule has 0 aliphatic carbocycles. The molecule has 1 fully saturated rings. The van der Waals surface area contributed by atoms with Gasteiger partial charge in [0, 0.05) is 32.0 Å². The van der Waals surface area contributed by atoms with Crippen LogP contribution in [0.1, 0.15) is 45.7 Å². The lowest BCUT2D eigenvalue weighted by atomic mass is 10.0. The third-order valence-electron chi connectivity index (χ3n) is 3.86. The van der Waals surface area contributed by atoms with Gasteiger partial charge in [-0.2, -0.15) is 0 Å². The second-order valence-corrected chi connectivity index (χ2v) is 7.20. The highest BCUT2D eigenvalue weighted by Gasteiger charge is 2.31. The molecule has 1 saturated heterocycles. The highest BCUT2D eigenvalue weighted by Crippen LogP contribution is 2.22. The molecule has 2 rings (SSSR count). The van der Waals surface area contributed by atoms with Gasteiger partial charge in [-0.3, -0.25) is 0 Å². The van der Waals surface area contributed by atoms with Crippen LogP contribution in [0.3, 0.4) is 0 Å². The quantitative estimate of drug-likeness (QED) is 0.857. The van der Waals surface area contributed by atoms with Crippen LogP contribution < -0.4 is 4.90 Å². The second kappa shape index (κ2) is 7.15. The number of likely N-dealkylation sites (tertiary alicyclic amines) is 1. The fourth-order valence-corrected chi connectivity index (χ4v) is 2.77. The second-order valence-electron chi connectivity index (χ2n) is 7.20. The van der Waals surface area contributed by atoms with E-state index in [1.165, 1.54) is 0 Å². The van der Waals surface area contributed by atoms with Crippen molar-refractivity contribution < 1.29 is 9.53 Å². The van der Waals surface area contributed by atoms with Gasteiger partial charge in [-0.25, -0.2) is 14.8 Å². The van der Waals surface area contributed by atoms with Crippen molar-refractivity contribution in [1.29, 1.82) is 0 Å². The summed E-state index contributed by atoms with van der Waals surface area (Å²) in [6, 6.07) is 2.01. The van der Waals surface area contributed by atoms with Gasteiger partial charge in [0.1, 0.15) is 5.60 Å². The van der Waals surface area contributed by atoms with Gasteiger partial charge in [0.15, 0.2) is 0 Å². The predicted octanol–water partition coefficient (Wildman–Crippen LogP) is 3.01. The van der Waals surface area contributed by atoms with Gasteiger partial charge in [0.2, 0.25) is 5.95 Å². The van der Waals surface area contributed by atoms with E-state index in [0.717, 1.165) is 31.5 Å². The number of amides is 1. The number of carbonyl (C=O) groups excluding carboxylic acids is 1. The Hall–Kier alpha value is -1.85. The van der Waals surface area contributed by atoms with E-state index in [-0.39, 0.29) is 12.1 Å². The van der Waals surface area contributed by atoms with Crippen molar-refractivity contribution in [3.63, 3.8) is 0 Å². The summed E-state index contributed by atoms with van der Waals surface area (Å²) in [5, 5.41) is 0. The van der Waals surface area contributed by atoms with Gasteiger partial charge in [-0.1, -0.05) is 0 Å². The molecule has 1 aliphatic rings. The van der Waals surface area contributed by atoms with E-state index in [9.17, 15) is 4.79 Å². The Kier molecular flexibility index (Phi) is 5.44. The number of anilines is 1. The van der Waals surface area contributed by atoms with E-state index in [2.05, 4.69) is 9.97 Å². The van der Waals surface area contributed by atoms with Crippen LogP contribution in [-0.4, -0.2) is 52.7 Å². The van der Waals surface area contributed by atoms with Gasteiger partial charge in [-0.15, -0.1) is 0 Å².